The molecule has 4 N–H and O–H groups in total. The molecule has 4 amide bonds. The zero-order chi connectivity index (χ0) is 41.5. The number of sulfonamides is 1. The number of methoxy groups -OCH3 is 2. The lowest BCUT2D eigenvalue weighted by molar-refractivity contribution is -0.142. The van der Waals surface area contributed by atoms with E-state index in [1.54, 1.807) is 37.3 Å². The highest BCUT2D eigenvalue weighted by Gasteiger charge is 2.62. The molecule has 3 aromatic rings. The average molecular weight is 822 g/mol. The average Bonchev–Trinajstić information content (AvgIpc) is 4.11. The van der Waals surface area contributed by atoms with Crippen LogP contribution in [0.1, 0.15) is 58.8 Å². The van der Waals surface area contributed by atoms with Crippen molar-refractivity contribution in [1.82, 2.24) is 25.2 Å². The van der Waals surface area contributed by atoms with Crippen LogP contribution in [-0.4, -0.2) is 97.0 Å². The van der Waals surface area contributed by atoms with Gasteiger partial charge in [-0.15, -0.1) is 0 Å². The highest BCUT2D eigenvalue weighted by atomic mass is 32.2. The quantitative estimate of drug-likeness (QED) is 0.221. The molecule has 1 aromatic heterocycles. The van der Waals surface area contributed by atoms with Crippen LogP contribution in [0.2, 0.25) is 0 Å². The molecule has 0 unspecified atom stereocenters. The van der Waals surface area contributed by atoms with Gasteiger partial charge in [-0.2, -0.15) is 0 Å². The van der Waals surface area contributed by atoms with E-state index >= 15 is 0 Å². The van der Waals surface area contributed by atoms with Gasteiger partial charge in [0.1, 0.15) is 29.5 Å². The van der Waals surface area contributed by atoms with Crippen molar-refractivity contribution in [2.75, 3.05) is 20.8 Å². The van der Waals surface area contributed by atoms with Gasteiger partial charge in [0.15, 0.2) is 11.6 Å². The molecule has 2 aliphatic heterocycles. The Morgan fingerprint density at radius 1 is 1.03 bits per heavy atom. The molecule has 2 aromatic carbocycles. The summed E-state index contributed by atoms with van der Waals surface area (Å²) in [6.45, 7) is 3.64. The normalized spacial score (nSPS) is 28.2. The number of ether oxygens (including phenoxy) is 3. The Labute approximate surface area is 335 Å². The van der Waals surface area contributed by atoms with Crippen LogP contribution in [0, 0.1) is 23.6 Å². The molecule has 310 valence electrons. The summed E-state index contributed by atoms with van der Waals surface area (Å²) in [7, 11) is -1.07. The Hall–Kier alpha value is -5.45. The summed E-state index contributed by atoms with van der Waals surface area (Å²) in [5.41, 5.74) is -0.804. The number of benzene rings is 2. The number of rotatable bonds is 9. The minimum Gasteiger partial charge on any atom is -0.497 e. The van der Waals surface area contributed by atoms with E-state index in [4.69, 9.17) is 19.2 Å². The first-order valence-corrected chi connectivity index (χ1v) is 21.0. The molecule has 0 radical (unpaired) electrons. The van der Waals surface area contributed by atoms with Gasteiger partial charge in [0, 0.05) is 23.3 Å². The highest BCUT2D eigenvalue weighted by molar-refractivity contribution is 7.91. The summed E-state index contributed by atoms with van der Waals surface area (Å²) in [6, 6.07) is 8.93. The van der Waals surface area contributed by atoms with Crippen LogP contribution in [0.25, 0.3) is 22.0 Å². The second-order valence-corrected chi connectivity index (χ2v) is 17.9. The first-order valence-electron chi connectivity index (χ1n) is 19.5. The molecule has 3 fully saturated rings. The summed E-state index contributed by atoms with van der Waals surface area (Å²) >= 11 is 0. The molecule has 4 aliphatic rings. The maximum Gasteiger partial charge on any atom is 0.405 e. The van der Waals surface area contributed by atoms with Crippen LogP contribution in [0.15, 0.2) is 54.6 Å². The number of halogens is 1. The lowest BCUT2D eigenvalue weighted by atomic mass is 9.88. The van der Waals surface area contributed by atoms with Crippen LogP contribution < -0.4 is 29.6 Å². The van der Waals surface area contributed by atoms with Gasteiger partial charge < -0.3 is 34.9 Å². The van der Waals surface area contributed by atoms with Crippen molar-refractivity contribution in [3.63, 3.8) is 0 Å². The van der Waals surface area contributed by atoms with Gasteiger partial charge >= 0.3 is 6.09 Å². The third-order valence-corrected chi connectivity index (χ3v) is 13.4. The SMILES string of the molecule is COc1ccc2c(O[C@@H]3C[C@H]4C(=O)N[C@]5(C(=O)NS(=O)(=O)C6CC6)C[C@H]5/C=C\CC[C@@H](C)C[C@@H](C)[C@H](NC(=O)O)C(=O)N4C3)nc(-c3ccc(OC)c(F)c3)cc2c1. The molecule has 15 nitrogen and oxygen atoms in total. The molecule has 3 heterocycles. The van der Waals surface area contributed by atoms with Crippen LogP contribution >= 0.6 is 0 Å². The van der Waals surface area contributed by atoms with Gasteiger partial charge in [0.25, 0.3) is 5.91 Å². The second-order valence-electron chi connectivity index (χ2n) is 15.9. The van der Waals surface area contributed by atoms with Crippen LogP contribution in [0.5, 0.6) is 17.4 Å². The Bertz CT molecular complexity index is 2270. The fraction of sp³-hybridized carbons (Fsp3) is 0.488. The number of nitrogens with one attached hydrogen (secondary N) is 3. The number of carbonyl (C=O) groups excluding carboxylic acids is 3. The summed E-state index contributed by atoms with van der Waals surface area (Å²) in [6.07, 6.45) is 4.24. The Morgan fingerprint density at radius 2 is 1.81 bits per heavy atom. The number of allylic oxidation sites excluding steroid dienone is 1. The Morgan fingerprint density at radius 3 is 2.50 bits per heavy atom. The van der Waals surface area contributed by atoms with Crippen LogP contribution in [0.4, 0.5) is 9.18 Å². The fourth-order valence-electron chi connectivity index (χ4n) is 8.18. The Balaban J connectivity index is 1.25. The summed E-state index contributed by atoms with van der Waals surface area (Å²) < 4.78 is 60.0. The van der Waals surface area contributed by atoms with Gasteiger partial charge in [-0.05, 0) is 98.2 Å². The van der Waals surface area contributed by atoms with Crippen molar-refractivity contribution in [1.29, 1.82) is 0 Å². The maximum absolute atomic E-state index is 14.9. The number of pyridine rings is 1. The smallest absolute Gasteiger partial charge is 0.405 e. The second kappa shape index (κ2) is 16.1. The van der Waals surface area contributed by atoms with Crippen LogP contribution in [0.3, 0.4) is 0 Å². The zero-order valence-electron chi connectivity index (χ0n) is 32.7. The molecule has 0 spiro atoms. The predicted molar refractivity (Wildman–Crippen MR) is 210 cm³/mol. The molecular formula is C41H48FN5O10S. The third-order valence-electron chi connectivity index (χ3n) is 11.6. The summed E-state index contributed by atoms with van der Waals surface area (Å²) in [4.78, 5) is 61.0. The topological polar surface area (TPSA) is 203 Å². The van der Waals surface area contributed by atoms with E-state index in [9.17, 15) is 37.1 Å². The van der Waals surface area contributed by atoms with Crippen molar-refractivity contribution in [3.05, 3.63) is 60.4 Å². The van der Waals surface area contributed by atoms with Crippen molar-refractivity contribution in [3.8, 4) is 28.6 Å². The summed E-state index contributed by atoms with van der Waals surface area (Å²) in [5.74, 6) is -2.96. The van der Waals surface area contributed by atoms with Gasteiger partial charge in [-0.1, -0.05) is 26.0 Å². The number of hydrogen-bond donors (Lipinski definition) is 4. The Kier molecular flexibility index (Phi) is 11.3. The standard InChI is InChI=1S/C41H48FN5O10S/c1-22-7-5-6-8-26-20-41(26,39(50)46-58(53,54)29-11-12-29)45-36(48)33-19-28(21-47(33)38(49)35(23(2)15-22)44-40(51)52)57-37-30-13-10-27(55-3)16-25(30)18-32(43-37)24-9-14-34(56-4)31(42)17-24/h6,8-10,13-14,16-18,22-23,26,28-29,33,35,44H,5,7,11-12,15,19-21H2,1-4H3,(H,45,48)(H,46,50)(H,51,52)/b8-6-/t22-,23-,26-,28-,33+,35+,41-/m1/s1. The number of carboxylic acid groups (broad SMARTS) is 1. The van der Waals surface area contributed by atoms with Gasteiger partial charge in [-0.25, -0.2) is 22.6 Å². The summed E-state index contributed by atoms with van der Waals surface area (Å²) in [5, 5.41) is 15.6. The molecule has 2 saturated carbocycles. The van der Waals surface area contributed by atoms with E-state index in [1.807, 2.05) is 19.1 Å². The molecule has 2 aliphatic carbocycles. The number of carbonyl (C=O) groups is 4. The molecule has 7 atom stereocenters. The largest absolute Gasteiger partial charge is 0.497 e. The lowest BCUT2D eigenvalue weighted by Crippen LogP contribution is -2.59. The number of fused-ring (bicyclic) bond motifs is 3. The number of nitrogens with zero attached hydrogens (tertiary/aromatic N) is 2. The lowest BCUT2D eigenvalue weighted by Gasteiger charge is -2.32. The van der Waals surface area contributed by atoms with Crippen molar-refractivity contribution >= 4 is 44.6 Å². The zero-order valence-corrected chi connectivity index (χ0v) is 33.5. The van der Waals surface area contributed by atoms with E-state index in [1.165, 1.54) is 31.3 Å². The van der Waals surface area contributed by atoms with Crippen molar-refractivity contribution in [2.24, 2.45) is 17.8 Å². The van der Waals surface area contributed by atoms with E-state index in [0.717, 1.165) is 0 Å². The van der Waals surface area contributed by atoms with E-state index < -0.39 is 80.5 Å². The van der Waals surface area contributed by atoms with Gasteiger partial charge in [0.05, 0.1) is 31.7 Å². The first-order chi connectivity index (χ1) is 27.6. The highest BCUT2D eigenvalue weighted by Crippen LogP contribution is 2.46. The number of hydrogen-bond acceptors (Lipinski definition) is 10. The fourth-order valence-corrected chi connectivity index (χ4v) is 9.55. The molecular weight excluding hydrogens is 774 g/mol. The minimum atomic E-state index is -3.95. The molecule has 58 heavy (non-hydrogen) atoms. The molecule has 1 saturated heterocycles. The van der Waals surface area contributed by atoms with E-state index in [-0.39, 0.29) is 36.9 Å². The molecule has 0 bridgehead atoms. The van der Waals surface area contributed by atoms with Gasteiger partial charge in [0.2, 0.25) is 27.7 Å². The van der Waals surface area contributed by atoms with E-state index in [0.29, 0.717) is 59.9 Å². The number of amides is 4. The number of aromatic nitrogens is 1. The monoisotopic (exact) mass is 821 g/mol. The predicted octanol–water partition coefficient (Wildman–Crippen LogP) is 4.54. The van der Waals surface area contributed by atoms with Gasteiger partial charge in [-0.3, -0.25) is 19.1 Å². The molecule has 17 heteroatoms. The molecule has 7 rings (SSSR count). The maximum atomic E-state index is 14.9. The van der Waals surface area contributed by atoms with Crippen molar-refractivity contribution < 1.29 is 51.3 Å². The van der Waals surface area contributed by atoms with Crippen LogP contribution in [-0.2, 0) is 24.4 Å². The van der Waals surface area contributed by atoms with E-state index in [2.05, 4.69) is 15.4 Å². The third kappa shape index (κ3) is 8.40. The van der Waals surface area contributed by atoms with Crippen molar-refractivity contribution in [2.45, 2.75) is 87.8 Å². The first kappa shape index (κ1) is 40.7. The minimum absolute atomic E-state index is 0.0525.